The molecular weight excluding hydrogens is 264 g/mol. The van der Waals surface area contributed by atoms with Crippen molar-refractivity contribution >= 4 is 11.6 Å². The van der Waals surface area contributed by atoms with Gasteiger partial charge in [-0.15, -0.1) is 0 Å². The molecule has 21 heavy (non-hydrogen) atoms. The zero-order valence-corrected chi connectivity index (χ0v) is 12.2. The van der Waals surface area contributed by atoms with E-state index in [0.29, 0.717) is 12.1 Å². The molecule has 4 heteroatoms. The molecule has 1 amide bonds. The molecule has 0 saturated carbocycles. The molecule has 0 aliphatic carbocycles. The zero-order valence-electron chi connectivity index (χ0n) is 12.2. The molecule has 0 fully saturated rings. The maximum atomic E-state index is 12.7. The summed E-state index contributed by atoms with van der Waals surface area (Å²) in [5, 5.41) is 11.0. The van der Waals surface area contributed by atoms with E-state index in [2.05, 4.69) is 4.98 Å². The average molecular weight is 282 g/mol. The van der Waals surface area contributed by atoms with Gasteiger partial charge in [0.1, 0.15) is 0 Å². The molecule has 0 radical (unpaired) electrons. The first-order valence-corrected chi connectivity index (χ1v) is 7.11. The lowest BCUT2D eigenvalue weighted by molar-refractivity contribution is -0.136. The van der Waals surface area contributed by atoms with Crippen molar-refractivity contribution in [2.45, 2.75) is 25.9 Å². The number of hydrogen-bond acceptors (Lipinski definition) is 3. The van der Waals surface area contributed by atoms with Crippen molar-refractivity contribution in [2.75, 3.05) is 11.4 Å². The van der Waals surface area contributed by atoms with Gasteiger partial charge in [0.05, 0.1) is 5.69 Å². The number of carbonyl (C=O) groups excluding carboxylic acids is 1. The molecule has 3 rings (SSSR count). The highest BCUT2D eigenvalue weighted by Crippen LogP contribution is 2.41. The summed E-state index contributed by atoms with van der Waals surface area (Å²) in [5.74, 6) is -0.249. The summed E-state index contributed by atoms with van der Waals surface area (Å²) in [7, 11) is 0. The van der Waals surface area contributed by atoms with E-state index in [1.165, 1.54) is 0 Å². The van der Waals surface area contributed by atoms with E-state index in [-0.39, 0.29) is 12.3 Å². The summed E-state index contributed by atoms with van der Waals surface area (Å²) in [5.41, 5.74) is 1.79. The topological polar surface area (TPSA) is 53.4 Å². The Morgan fingerprint density at radius 3 is 2.76 bits per heavy atom. The molecule has 0 bridgehead atoms. The van der Waals surface area contributed by atoms with Crippen LogP contribution in [0.2, 0.25) is 0 Å². The number of anilines is 1. The smallest absolute Gasteiger partial charge is 0.264 e. The van der Waals surface area contributed by atoms with Crippen LogP contribution in [0.1, 0.15) is 23.7 Å². The third-order valence-electron chi connectivity index (χ3n) is 3.98. The van der Waals surface area contributed by atoms with E-state index in [9.17, 15) is 9.90 Å². The van der Waals surface area contributed by atoms with E-state index in [1.54, 1.807) is 11.1 Å². The Balaban J connectivity index is 2.06. The summed E-state index contributed by atoms with van der Waals surface area (Å²) in [6.07, 6.45) is 1.97. The summed E-state index contributed by atoms with van der Waals surface area (Å²) >= 11 is 0. The maximum Gasteiger partial charge on any atom is 0.264 e. The van der Waals surface area contributed by atoms with Crippen LogP contribution in [0, 0.1) is 6.92 Å². The summed E-state index contributed by atoms with van der Waals surface area (Å²) in [4.78, 5) is 18.5. The third kappa shape index (κ3) is 2.12. The Morgan fingerprint density at radius 2 is 2.05 bits per heavy atom. The van der Waals surface area contributed by atoms with E-state index >= 15 is 0 Å². The number of nitrogens with zero attached hydrogens (tertiary/aromatic N) is 2. The van der Waals surface area contributed by atoms with Gasteiger partial charge < -0.3 is 10.0 Å². The third-order valence-corrected chi connectivity index (χ3v) is 3.98. The number of likely N-dealkylation sites (N-methyl/N-ethyl adjacent to an activating group) is 1. The molecule has 2 aromatic rings. The molecule has 1 aliphatic rings. The SMILES string of the molecule is CCN1C(=O)[C@@](O)(Cc2ccnc(C)c2)c2ccccc21. The molecule has 0 saturated heterocycles. The average Bonchev–Trinajstić information content (AvgIpc) is 2.68. The van der Waals surface area contributed by atoms with Crippen molar-refractivity contribution in [3.05, 3.63) is 59.4 Å². The number of benzene rings is 1. The van der Waals surface area contributed by atoms with E-state index in [1.807, 2.05) is 50.2 Å². The first-order chi connectivity index (χ1) is 10.1. The van der Waals surface area contributed by atoms with Gasteiger partial charge in [0.25, 0.3) is 5.91 Å². The van der Waals surface area contributed by atoms with Crippen molar-refractivity contribution in [3.8, 4) is 0 Å². The zero-order chi connectivity index (χ0) is 15.0. The summed E-state index contributed by atoms with van der Waals surface area (Å²) in [6.45, 7) is 4.36. The van der Waals surface area contributed by atoms with Crippen molar-refractivity contribution in [1.82, 2.24) is 4.98 Å². The molecule has 1 N–H and O–H groups in total. The van der Waals surface area contributed by atoms with Gasteiger partial charge in [-0.25, -0.2) is 0 Å². The highest BCUT2D eigenvalue weighted by atomic mass is 16.3. The highest BCUT2D eigenvalue weighted by Gasteiger charge is 2.48. The quantitative estimate of drug-likeness (QED) is 0.939. The predicted molar refractivity (Wildman–Crippen MR) is 81.0 cm³/mol. The number of pyridine rings is 1. The number of aliphatic hydroxyl groups is 1. The molecule has 4 nitrogen and oxygen atoms in total. The van der Waals surface area contributed by atoms with Gasteiger partial charge in [-0.1, -0.05) is 18.2 Å². The number of amides is 1. The lowest BCUT2D eigenvalue weighted by Gasteiger charge is -2.23. The Morgan fingerprint density at radius 1 is 1.29 bits per heavy atom. The molecule has 108 valence electrons. The van der Waals surface area contributed by atoms with Gasteiger partial charge in [-0.3, -0.25) is 9.78 Å². The standard InChI is InChI=1S/C17H18N2O2/c1-3-19-15-7-5-4-6-14(15)17(21,16(19)20)11-13-8-9-18-12(2)10-13/h4-10,21H,3,11H2,1-2H3/t17-/m1/s1. The number of para-hydroxylation sites is 1. The fourth-order valence-corrected chi connectivity index (χ4v) is 3.00. The van der Waals surface area contributed by atoms with Gasteiger partial charge in [0.2, 0.25) is 0 Å². The normalized spacial score (nSPS) is 20.7. The molecule has 0 spiro atoms. The van der Waals surface area contributed by atoms with E-state index in [4.69, 9.17) is 0 Å². The van der Waals surface area contributed by atoms with Crippen LogP contribution in [0.25, 0.3) is 0 Å². The number of aromatic nitrogens is 1. The van der Waals surface area contributed by atoms with Gasteiger partial charge in [0.15, 0.2) is 5.60 Å². The van der Waals surface area contributed by atoms with Crippen LogP contribution in [0.15, 0.2) is 42.6 Å². The minimum atomic E-state index is -1.49. The van der Waals surface area contributed by atoms with Crippen molar-refractivity contribution in [1.29, 1.82) is 0 Å². The number of rotatable bonds is 3. The van der Waals surface area contributed by atoms with Crippen LogP contribution in [-0.4, -0.2) is 22.5 Å². The predicted octanol–water partition coefficient (Wildman–Crippen LogP) is 2.19. The van der Waals surface area contributed by atoms with Crippen molar-refractivity contribution < 1.29 is 9.90 Å². The molecule has 0 unspecified atom stereocenters. The lowest BCUT2D eigenvalue weighted by Crippen LogP contribution is -2.41. The fourth-order valence-electron chi connectivity index (χ4n) is 3.00. The van der Waals surface area contributed by atoms with E-state index in [0.717, 1.165) is 16.9 Å². The van der Waals surface area contributed by atoms with Crippen LogP contribution in [0.3, 0.4) is 0 Å². The highest BCUT2D eigenvalue weighted by molar-refractivity contribution is 6.07. The van der Waals surface area contributed by atoms with Crippen LogP contribution < -0.4 is 4.90 Å². The van der Waals surface area contributed by atoms with Crippen molar-refractivity contribution in [3.63, 3.8) is 0 Å². The summed E-state index contributed by atoms with van der Waals surface area (Å²) in [6, 6.07) is 11.2. The Bertz CT molecular complexity index is 699. The number of carbonyl (C=O) groups is 1. The Hall–Kier alpha value is -2.20. The Labute approximate surface area is 124 Å². The second-order valence-electron chi connectivity index (χ2n) is 5.41. The molecule has 2 heterocycles. The van der Waals surface area contributed by atoms with Gasteiger partial charge in [-0.2, -0.15) is 0 Å². The van der Waals surface area contributed by atoms with Crippen LogP contribution in [-0.2, 0) is 16.8 Å². The number of hydrogen-bond donors (Lipinski definition) is 1. The summed E-state index contributed by atoms with van der Waals surface area (Å²) < 4.78 is 0. The number of aryl methyl sites for hydroxylation is 1. The maximum absolute atomic E-state index is 12.7. The van der Waals surface area contributed by atoms with Gasteiger partial charge in [-0.05, 0) is 37.6 Å². The van der Waals surface area contributed by atoms with E-state index < -0.39 is 5.60 Å². The molecule has 1 atom stereocenters. The first-order valence-electron chi connectivity index (χ1n) is 7.11. The van der Waals surface area contributed by atoms with Crippen LogP contribution in [0.5, 0.6) is 0 Å². The van der Waals surface area contributed by atoms with Crippen molar-refractivity contribution in [2.24, 2.45) is 0 Å². The lowest BCUT2D eigenvalue weighted by atomic mass is 9.88. The largest absolute Gasteiger partial charge is 0.375 e. The fraction of sp³-hybridized carbons (Fsp3) is 0.294. The minimum absolute atomic E-state index is 0.249. The molecule has 1 aromatic heterocycles. The van der Waals surface area contributed by atoms with Crippen LogP contribution >= 0.6 is 0 Å². The van der Waals surface area contributed by atoms with Gasteiger partial charge >= 0.3 is 0 Å². The molecule has 1 aliphatic heterocycles. The number of fused-ring (bicyclic) bond motifs is 1. The Kier molecular flexibility index (Phi) is 3.26. The van der Waals surface area contributed by atoms with Gasteiger partial charge in [0, 0.05) is 30.4 Å². The molecular formula is C17H18N2O2. The second-order valence-corrected chi connectivity index (χ2v) is 5.41. The monoisotopic (exact) mass is 282 g/mol. The first kappa shape index (κ1) is 13.8. The molecule has 1 aromatic carbocycles. The minimum Gasteiger partial charge on any atom is -0.375 e. The second kappa shape index (κ2) is 4.97. The van der Waals surface area contributed by atoms with Crippen LogP contribution in [0.4, 0.5) is 5.69 Å².